The molecule has 0 saturated heterocycles. The Morgan fingerprint density at radius 1 is 0.422 bits per heavy atom. The number of amides is 2. The Kier molecular flexibility index (Phi) is 6.19. The fraction of sp³-hybridized carbons (Fsp3) is 0.0500. The van der Waals surface area contributed by atoms with Gasteiger partial charge >= 0.3 is 0 Å². The molecule has 45 heavy (non-hydrogen) atoms. The van der Waals surface area contributed by atoms with E-state index in [1.54, 1.807) is 0 Å². The van der Waals surface area contributed by atoms with Crippen LogP contribution in [0.2, 0.25) is 13.1 Å². The lowest BCUT2D eigenvalue weighted by atomic mass is 9.90. The number of hydrogen-bond donors (Lipinski definition) is 0. The number of anilines is 4. The van der Waals surface area contributed by atoms with Crippen molar-refractivity contribution in [3.8, 4) is 22.3 Å². The van der Waals surface area contributed by atoms with Crippen LogP contribution in [0.3, 0.4) is 0 Å². The molecule has 2 amide bonds. The number of hydrogen-bond acceptors (Lipinski definition) is 3. The molecule has 2 aliphatic heterocycles. The zero-order valence-corrected chi connectivity index (χ0v) is 26.1. The minimum Gasteiger partial charge on any atom is -0.311 e. The average molecular weight is 599 g/mol. The number of benzene rings is 6. The van der Waals surface area contributed by atoms with Crippen LogP contribution in [0.15, 0.2) is 146 Å². The zero-order valence-electron chi connectivity index (χ0n) is 25.1. The third-order valence-corrected chi connectivity index (χ3v) is 12.7. The van der Waals surface area contributed by atoms with E-state index in [2.05, 4.69) is 72.6 Å². The van der Waals surface area contributed by atoms with Gasteiger partial charge in [-0.2, -0.15) is 0 Å². The molecule has 0 atom stereocenters. The molecule has 4 nitrogen and oxygen atoms in total. The summed E-state index contributed by atoms with van der Waals surface area (Å²) in [5.41, 5.74) is 8.43. The molecule has 0 fully saturated rings. The van der Waals surface area contributed by atoms with Crippen LogP contribution in [-0.4, -0.2) is 19.9 Å². The Bertz CT molecular complexity index is 2010. The summed E-state index contributed by atoms with van der Waals surface area (Å²) in [5.74, 6) is -0.617. The topological polar surface area (TPSA) is 40.6 Å². The van der Waals surface area contributed by atoms with E-state index >= 15 is 0 Å². The van der Waals surface area contributed by atoms with Gasteiger partial charge in [-0.15, -0.1) is 0 Å². The lowest BCUT2D eigenvalue weighted by Crippen LogP contribution is -2.58. The predicted octanol–water partition coefficient (Wildman–Crippen LogP) is 8.43. The summed E-state index contributed by atoms with van der Waals surface area (Å²) in [6, 6.07) is 48.8. The maximum absolute atomic E-state index is 14.1. The van der Waals surface area contributed by atoms with Gasteiger partial charge in [0.05, 0.1) is 16.8 Å². The first kappa shape index (κ1) is 27.1. The summed E-state index contributed by atoms with van der Waals surface area (Å²) in [5, 5.41) is 2.72. The molecular formula is C40H30N2O2Si. The second kappa shape index (κ2) is 10.3. The van der Waals surface area contributed by atoms with Crippen LogP contribution in [0, 0.1) is 0 Å². The molecule has 0 unspecified atom stereocenters. The molecule has 0 aliphatic carbocycles. The lowest BCUT2D eigenvalue weighted by Gasteiger charge is -2.41. The maximum atomic E-state index is 14.1. The zero-order chi connectivity index (χ0) is 30.7. The van der Waals surface area contributed by atoms with Crippen molar-refractivity contribution in [2.75, 3.05) is 9.80 Å². The summed E-state index contributed by atoms with van der Waals surface area (Å²) in [7, 11) is -1.94. The van der Waals surface area contributed by atoms with Gasteiger partial charge in [-0.1, -0.05) is 116 Å². The molecule has 0 saturated carbocycles. The van der Waals surface area contributed by atoms with Crippen molar-refractivity contribution in [1.29, 1.82) is 0 Å². The first-order valence-corrected chi connectivity index (χ1v) is 18.2. The van der Waals surface area contributed by atoms with Gasteiger partial charge in [0.2, 0.25) is 0 Å². The Balaban J connectivity index is 1.25. The van der Waals surface area contributed by atoms with E-state index in [4.69, 9.17) is 0 Å². The van der Waals surface area contributed by atoms with Crippen LogP contribution in [0.5, 0.6) is 0 Å². The van der Waals surface area contributed by atoms with Crippen molar-refractivity contribution in [3.05, 3.63) is 157 Å². The smallest absolute Gasteiger partial charge is 0.266 e. The van der Waals surface area contributed by atoms with E-state index in [1.165, 1.54) is 15.3 Å². The highest BCUT2D eigenvalue weighted by Crippen LogP contribution is 2.42. The highest BCUT2D eigenvalue weighted by Gasteiger charge is 2.40. The summed E-state index contributed by atoms with van der Waals surface area (Å²) in [6.45, 7) is 4.79. The Hall–Kier alpha value is -5.52. The number of imide groups is 1. The third kappa shape index (κ3) is 4.19. The Labute approximate surface area is 263 Å². The highest BCUT2D eigenvalue weighted by molar-refractivity contribution is 7.02. The van der Waals surface area contributed by atoms with Crippen LogP contribution in [0.1, 0.15) is 20.7 Å². The molecule has 0 aromatic heterocycles. The largest absolute Gasteiger partial charge is 0.311 e. The average Bonchev–Trinajstić information content (AvgIpc) is 3.33. The lowest BCUT2D eigenvalue weighted by molar-refractivity contribution is 0.0926. The van der Waals surface area contributed by atoms with Gasteiger partial charge in [0.15, 0.2) is 0 Å². The number of para-hydroxylation sites is 2. The van der Waals surface area contributed by atoms with Gasteiger partial charge in [0, 0.05) is 17.1 Å². The van der Waals surface area contributed by atoms with Crippen LogP contribution < -0.4 is 20.2 Å². The van der Waals surface area contributed by atoms with Gasteiger partial charge in [0.1, 0.15) is 8.07 Å². The predicted molar refractivity (Wildman–Crippen MR) is 186 cm³/mol. The number of fused-ring (bicyclic) bond motifs is 3. The molecule has 216 valence electrons. The molecule has 0 radical (unpaired) electrons. The summed E-state index contributed by atoms with van der Waals surface area (Å²) in [6.07, 6.45) is 0. The van der Waals surface area contributed by atoms with Crippen molar-refractivity contribution >= 4 is 53.0 Å². The minimum atomic E-state index is -1.94. The first-order chi connectivity index (χ1) is 21.9. The number of rotatable bonds is 4. The molecule has 0 N–H and O–H groups in total. The summed E-state index contributed by atoms with van der Waals surface area (Å²) < 4.78 is 0. The number of nitrogens with zero attached hydrogens (tertiary/aromatic N) is 2. The molecule has 2 heterocycles. The van der Waals surface area contributed by atoms with E-state index in [0.717, 1.165) is 39.3 Å². The molecule has 6 aromatic carbocycles. The molecule has 2 aliphatic rings. The molecule has 0 spiro atoms. The number of carbonyl (C=O) groups is 2. The van der Waals surface area contributed by atoms with Crippen LogP contribution >= 0.6 is 0 Å². The van der Waals surface area contributed by atoms with Gasteiger partial charge in [-0.3, -0.25) is 9.59 Å². The van der Waals surface area contributed by atoms with Crippen LogP contribution in [0.25, 0.3) is 22.3 Å². The quantitative estimate of drug-likeness (QED) is 0.151. The van der Waals surface area contributed by atoms with Gasteiger partial charge < -0.3 is 4.90 Å². The van der Waals surface area contributed by atoms with E-state index in [0.29, 0.717) is 16.8 Å². The maximum Gasteiger partial charge on any atom is 0.266 e. The fourth-order valence-electron chi connectivity index (χ4n) is 6.95. The van der Waals surface area contributed by atoms with Crippen molar-refractivity contribution in [1.82, 2.24) is 0 Å². The molecule has 6 aromatic rings. The SMILES string of the molecule is C[Si]1(C)c2ccccc2N(c2cccc(N3C(=O)c4cc(-c5ccccc5)c(-c5ccccc5)cc4C3=O)c2)c2ccccc21. The monoisotopic (exact) mass is 598 g/mol. The van der Waals surface area contributed by atoms with Gasteiger partial charge in [-0.25, -0.2) is 4.90 Å². The van der Waals surface area contributed by atoms with Gasteiger partial charge in [-0.05, 0) is 75.1 Å². The fourth-order valence-corrected chi connectivity index (χ4v) is 9.94. The van der Waals surface area contributed by atoms with Crippen molar-refractivity contribution < 1.29 is 9.59 Å². The number of carbonyl (C=O) groups excluding carboxylic acids is 2. The standard InChI is InChI=1S/C40H30N2O2Si/c1-45(2)37-22-11-9-20-35(37)41(36-21-10-12-23-38(36)45)29-18-13-19-30(24-29)42-39(43)33-25-31(27-14-5-3-6-15-27)32(26-34(33)40(42)44)28-16-7-4-8-17-28/h3-26H,1-2H3. The van der Waals surface area contributed by atoms with Crippen molar-refractivity contribution in [2.24, 2.45) is 0 Å². The van der Waals surface area contributed by atoms with Gasteiger partial charge in [0.25, 0.3) is 11.8 Å². The van der Waals surface area contributed by atoms with Crippen LogP contribution in [0.4, 0.5) is 22.7 Å². The summed E-state index contributed by atoms with van der Waals surface area (Å²) >= 11 is 0. The van der Waals surface area contributed by atoms with E-state index in [-0.39, 0.29) is 11.8 Å². The molecule has 0 bridgehead atoms. The second-order valence-electron chi connectivity index (χ2n) is 12.1. The molecule has 5 heteroatoms. The van der Waals surface area contributed by atoms with E-state index in [1.807, 2.05) is 91.0 Å². The molecule has 8 rings (SSSR count). The normalized spacial score (nSPS) is 14.6. The van der Waals surface area contributed by atoms with Crippen molar-refractivity contribution in [2.45, 2.75) is 13.1 Å². The first-order valence-electron chi connectivity index (χ1n) is 15.2. The second-order valence-corrected chi connectivity index (χ2v) is 16.5. The Morgan fingerprint density at radius 2 is 0.844 bits per heavy atom. The van der Waals surface area contributed by atoms with E-state index < -0.39 is 8.07 Å². The van der Waals surface area contributed by atoms with Crippen LogP contribution in [-0.2, 0) is 0 Å². The van der Waals surface area contributed by atoms with Crippen molar-refractivity contribution in [3.63, 3.8) is 0 Å². The highest BCUT2D eigenvalue weighted by atomic mass is 28.3. The Morgan fingerprint density at radius 3 is 1.33 bits per heavy atom. The minimum absolute atomic E-state index is 0.308. The third-order valence-electron chi connectivity index (χ3n) is 9.18. The summed E-state index contributed by atoms with van der Waals surface area (Å²) in [4.78, 5) is 31.8. The van der Waals surface area contributed by atoms with E-state index in [9.17, 15) is 9.59 Å². The molecular weight excluding hydrogens is 569 g/mol.